The number of rotatable bonds is 4. The summed E-state index contributed by atoms with van der Waals surface area (Å²) < 4.78 is 16.5. The molecule has 0 unspecified atom stereocenters. The summed E-state index contributed by atoms with van der Waals surface area (Å²) in [6.45, 7) is 1.93. The van der Waals surface area contributed by atoms with E-state index in [-0.39, 0.29) is 18.2 Å². The largest absolute Gasteiger partial charge is 0.504 e. The highest BCUT2D eigenvalue weighted by molar-refractivity contribution is 5.86. The molecule has 2 aromatic carbocycles. The van der Waals surface area contributed by atoms with Crippen molar-refractivity contribution in [2.24, 2.45) is 0 Å². The number of benzene rings is 2. The van der Waals surface area contributed by atoms with E-state index >= 15 is 0 Å². The number of phenols is 1. The van der Waals surface area contributed by atoms with E-state index in [9.17, 15) is 5.11 Å². The molecule has 0 saturated heterocycles. The minimum absolute atomic E-state index is 0. The summed E-state index contributed by atoms with van der Waals surface area (Å²) in [5.41, 5.74) is 2.24. The summed E-state index contributed by atoms with van der Waals surface area (Å²) in [7, 11) is 3.15. The number of ether oxygens (including phenoxy) is 2. The van der Waals surface area contributed by atoms with Crippen LogP contribution < -0.4 is 9.47 Å². The number of methoxy groups -OCH3 is 2. The molecular formula is C20H20ClO4+. The van der Waals surface area contributed by atoms with Crippen molar-refractivity contribution in [2.75, 3.05) is 14.2 Å². The molecule has 0 spiro atoms. The lowest BCUT2D eigenvalue weighted by molar-refractivity contribution is 0.373. The first-order valence-corrected chi connectivity index (χ1v) is 7.58. The van der Waals surface area contributed by atoms with Crippen LogP contribution in [0.4, 0.5) is 0 Å². The van der Waals surface area contributed by atoms with Crippen molar-refractivity contribution < 1.29 is 19.0 Å². The predicted octanol–water partition coefficient (Wildman–Crippen LogP) is 5.42. The number of halogens is 1. The van der Waals surface area contributed by atoms with E-state index in [1.54, 1.807) is 13.2 Å². The van der Waals surface area contributed by atoms with Crippen LogP contribution in [0.2, 0.25) is 0 Å². The standard InChI is InChI=1S/C20H18O4.ClH/c1-13(12-15-7-5-8-17(22-2)19(15)21)16-11-10-14-6-4-9-18(23-3)20(14)24-16;/h4-12H,1-3H3;1H/p+1/b13-12-;. The molecule has 0 radical (unpaired) electrons. The molecule has 0 saturated carbocycles. The van der Waals surface area contributed by atoms with Gasteiger partial charge in [-0.1, -0.05) is 18.2 Å². The first-order valence-electron chi connectivity index (χ1n) is 7.58. The van der Waals surface area contributed by atoms with Crippen LogP contribution in [0, 0.1) is 0 Å². The number of phenolic OH excluding ortho intramolecular Hbond substituents is 1. The first-order chi connectivity index (χ1) is 11.6. The van der Waals surface area contributed by atoms with E-state index in [4.69, 9.17) is 13.9 Å². The zero-order valence-corrected chi connectivity index (χ0v) is 15.1. The smallest absolute Gasteiger partial charge is 0.402 e. The maximum absolute atomic E-state index is 10.2. The Bertz CT molecular complexity index is 919. The van der Waals surface area contributed by atoms with Gasteiger partial charge in [0.05, 0.1) is 25.2 Å². The quantitative estimate of drug-likeness (QED) is 0.632. The summed E-state index contributed by atoms with van der Waals surface area (Å²) in [6.07, 6.45) is 1.86. The molecule has 0 fully saturated rings. The normalized spacial score (nSPS) is 11.1. The average Bonchev–Trinajstić information content (AvgIpc) is 2.62. The maximum Gasteiger partial charge on any atom is 0.402 e. The highest BCUT2D eigenvalue weighted by Gasteiger charge is 2.18. The van der Waals surface area contributed by atoms with E-state index in [2.05, 4.69) is 0 Å². The Hall–Kier alpha value is -2.72. The molecule has 0 amide bonds. The van der Waals surface area contributed by atoms with E-state index in [1.807, 2.05) is 55.5 Å². The van der Waals surface area contributed by atoms with Crippen LogP contribution in [-0.2, 0) is 0 Å². The van der Waals surface area contributed by atoms with Crippen molar-refractivity contribution in [3.63, 3.8) is 0 Å². The zero-order chi connectivity index (χ0) is 17.1. The Morgan fingerprint density at radius 3 is 2.36 bits per heavy atom. The molecule has 0 bridgehead atoms. The fraction of sp³-hybridized carbons (Fsp3) is 0.150. The van der Waals surface area contributed by atoms with E-state index in [0.717, 1.165) is 11.0 Å². The van der Waals surface area contributed by atoms with Crippen molar-refractivity contribution in [2.45, 2.75) is 6.92 Å². The molecule has 0 aliphatic heterocycles. The van der Waals surface area contributed by atoms with Gasteiger partial charge in [-0.25, -0.2) is 4.42 Å². The first kappa shape index (κ1) is 18.6. The van der Waals surface area contributed by atoms with Crippen molar-refractivity contribution >= 4 is 35.0 Å². The molecule has 3 rings (SSSR count). The van der Waals surface area contributed by atoms with Crippen molar-refractivity contribution in [3.05, 3.63) is 59.9 Å². The fourth-order valence-electron chi connectivity index (χ4n) is 2.58. The second-order valence-corrected chi connectivity index (χ2v) is 5.40. The lowest BCUT2D eigenvalue weighted by Gasteiger charge is -2.05. The number of hydrogen-bond donors (Lipinski definition) is 1. The van der Waals surface area contributed by atoms with Crippen molar-refractivity contribution in [1.82, 2.24) is 0 Å². The zero-order valence-electron chi connectivity index (χ0n) is 14.3. The Balaban J connectivity index is 0.00000225. The van der Waals surface area contributed by atoms with Gasteiger partial charge in [-0.2, -0.15) is 0 Å². The molecule has 4 nitrogen and oxygen atoms in total. The van der Waals surface area contributed by atoms with Crippen LogP contribution in [0.1, 0.15) is 18.2 Å². The topological polar surface area (TPSA) is 50.0 Å². The van der Waals surface area contributed by atoms with Crippen LogP contribution in [0.15, 0.2) is 52.9 Å². The Labute approximate surface area is 152 Å². The van der Waals surface area contributed by atoms with Gasteiger partial charge in [-0.3, -0.25) is 0 Å². The lowest BCUT2D eigenvalue weighted by Crippen LogP contribution is -1.88. The fourth-order valence-corrected chi connectivity index (χ4v) is 2.58. The molecular weight excluding hydrogens is 340 g/mol. The minimum Gasteiger partial charge on any atom is -0.504 e. The van der Waals surface area contributed by atoms with E-state index < -0.39 is 0 Å². The number of fused-ring (bicyclic) bond motifs is 1. The monoisotopic (exact) mass is 359 g/mol. The summed E-state index contributed by atoms with van der Waals surface area (Å²) in [4.78, 5) is 0. The molecule has 1 N–H and O–H groups in total. The Morgan fingerprint density at radius 2 is 1.64 bits per heavy atom. The second-order valence-electron chi connectivity index (χ2n) is 5.40. The molecule has 0 aliphatic carbocycles. The summed E-state index contributed by atoms with van der Waals surface area (Å²) in [6, 6.07) is 15.0. The van der Waals surface area contributed by atoms with Crippen molar-refractivity contribution in [1.29, 1.82) is 0 Å². The molecule has 3 aromatic rings. The van der Waals surface area contributed by atoms with Gasteiger partial charge < -0.3 is 14.6 Å². The maximum atomic E-state index is 10.2. The highest BCUT2D eigenvalue weighted by Crippen LogP contribution is 2.33. The summed E-state index contributed by atoms with van der Waals surface area (Å²) in [5.74, 6) is 1.94. The van der Waals surface area contributed by atoms with Gasteiger partial charge in [0, 0.05) is 11.6 Å². The number of allylic oxidation sites excluding steroid dienone is 1. The van der Waals surface area contributed by atoms with Crippen LogP contribution >= 0.6 is 12.4 Å². The molecule has 130 valence electrons. The van der Waals surface area contributed by atoms with Crippen LogP contribution in [0.25, 0.3) is 22.6 Å². The molecule has 1 heterocycles. The van der Waals surface area contributed by atoms with Crippen LogP contribution in [0.5, 0.6) is 17.2 Å². The van der Waals surface area contributed by atoms with Gasteiger partial charge in [0.25, 0.3) is 0 Å². The summed E-state index contributed by atoms with van der Waals surface area (Å²) in [5, 5.41) is 11.2. The van der Waals surface area contributed by atoms with E-state index in [1.165, 1.54) is 7.11 Å². The molecule has 5 heteroatoms. The average molecular weight is 360 g/mol. The third-order valence-electron chi connectivity index (χ3n) is 3.87. The van der Waals surface area contributed by atoms with Gasteiger partial charge in [-0.15, -0.1) is 12.4 Å². The Kier molecular flexibility index (Phi) is 5.88. The minimum atomic E-state index is 0. The van der Waals surface area contributed by atoms with Gasteiger partial charge in [-0.05, 0) is 37.3 Å². The highest BCUT2D eigenvalue weighted by atomic mass is 35.5. The van der Waals surface area contributed by atoms with Gasteiger partial charge in [0.2, 0.25) is 5.75 Å². The number of hydrogen-bond acceptors (Lipinski definition) is 3. The van der Waals surface area contributed by atoms with Crippen molar-refractivity contribution in [3.8, 4) is 17.2 Å². The number of para-hydroxylation sites is 2. The Morgan fingerprint density at radius 1 is 0.960 bits per heavy atom. The molecule has 0 aliphatic rings. The third-order valence-corrected chi connectivity index (χ3v) is 3.87. The second kappa shape index (κ2) is 7.90. The lowest BCUT2D eigenvalue weighted by atomic mass is 10.1. The predicted molar refractivity (Wildman–Crippen MR) is 103 cm³/mol. The van der Waals surface area contributed by atoms with E-state index in [0.29, 0.717) is 28.4 Å². The molecule has 1 aromatic heterocycles. The van der Waals surface area contributed by atoms with Gasteiger partial charge >= 0.3 is 11.3 Å². The van der Waals surface area contributed by atoms with Gasteiger partial charge in [0.15, 0.2) is 11.5 Å². The summed E-state index contributed by atoms with van der Waals surface area (Å²) >= 11 is 0. The SMILES string of the molecule is COc1cccc(/C=C(/C)c2ccc3cccc(OC)c3[o+]2)c1O.Cl. The number of aromatic hydroxyl groups is 1. The molecule has 0 atom stereocenters. The van der Waals surface area contributed by atoms with Crippen LogP contribution in [0.3, 0.4) is 0 Å². The van der Waals surface area contributed by atoms with Crippen LogP contribution in [-0.4, -0.2) is 19.3 Å². The third kappa shape index (κ3) is 3.69. The van der Waals surface area contributed by atoms with Gasteiger partial charge in [0.1, 0.15) is 0 Å². The molecule has 25 heavy (non-hydrogen) atoms.